The minimum absolute atomic E-state index is 0.391. The number of rotatable bonds is 4. The van der Waals surface area contributed by atoms with Gasteiger partial charge in [-0.25, -0.2) is 0 Å². The van der Waals surface area contributed by atoms with Gasteiger partial charge in [0.25, 0.3) is 0 Å². The molecule has 1 aromatic heterocycles. The van der Waals surface area contributed by atoms with Gasteiger partial charge in [-0.2, -0.15) is 9.64 Å². The van der Waals surface area contributed by atoms with Crippen LogP contribution in [0.3, 0.4) is 0 Å². The molecule has 16 heavy (non-hydrogen) atoms. The normalized spacial score (nSPS) is 23.6. The van der Waals surface area contributed by atoms with E-state index in [9.17, 15) is 0 Å². The molecule has 0 radical (unpaired) electrons. The largest absolute Gasteiger partial charge is 0.378 e. The molecule has 5 heteroatoms. The molecular weight excluding hydrogens is 222 g/mol. The summed E-state index contributed by atoms with van der Waals surface area (Å²) in [6.07, 6.45) is 2.44. The van der Waals surface area contributed by atoms with Crippen LogP contribution in [0.1, 0.15) is 31.0 Å². The first-order valence-electron chi connectivity index (χ1n) is 5.49. The Morgan fingerprint density at radius 2 is 2.38 bits per heavy atom. The molecule has 0 atom stereocenters. The highest BCUT2D eigenvalue weighted by molar-refractivity contribution is 7.10. The van der Waals surface area contributed by atoms with Crippen LogP contribution in [0.25, 0.3) is 0 Å². The van der Waals surface area contributed by atoms with Crippen molar-refractivity contribution in [1.82, 2.24) is 4.37 Å². The summed E-state index contributed by atoms with van der Waals surface area (Å²) >= 11 is 1.37. The van der Waals surface area contributed by atoms with E-state index in [4.69, 9.17) is 10.00 Å². The van der Waals surface area contributed by atoms with Crippen LogP contribution < -0.4 is 5.32 Å². The summed E-state index contributed by atoms with van der Waals surface area (Å²) < 4.78 is 9.67. The summed E-state index contributed by atoms with van der Waals surface area (Å²) in [6, 6.07) is 2.62. The second-order valence-electron chi connectivity index (χ2n) is 3.97. The molecule has 1 aliphatic carbocycles. The van der Waals surface area contributed by atoms with E-state index in [1.54, 1.807) is 0 Å². The summed E-state index contributed by atoms with van der Waals surface area (Å²) in [5.74, 6) is 0. The zero-order valence-corrected chi connectivity index (χ0v) is 10.3. The Morgan fingerprint density at radius 3 is 3.00 bits per heavy atom. The molecule has 0 saturated heterocycles. The molecule has 1 aliphatic rings. The number of aromatic nitrogens is 1. The summed E-state index contributed by atoms with van der Waals surface area (Å²) in [5, 5.41) is 13.2. The van der Waals surface area contributed by atoms with Crippen LogP contribution in [0.2, 0.25) is 0 Å². The van der Waals surface area contributed by atoms with Crippen molar-refractivity contribution in [1.29, 1.82) is 5.26 Å². The first kappa shape index (κ1) is 11.4. The lowest BCUT2D eigenvalue weighted by atomic mass is 9.89. The van der Waals surface area contributed by atoms with Gasteiger partial charge in [0.1, 0.15) is 16.6 Å². The van der Waals surface area contributed by atoms with E-state index in [1.165, 1.54) is 11.5 Å². The molecule has 4 nitrogen and oxygen atoms in total. The number of nitrogens with zero attached hydrogens (tertiary/aromatic N) is 2. The maximum absolute atomic E-state index is 8.98. The molecule has 86 valence electrons. The molecule has 0 spiro atoms. The molecule has 2 rings (SSSR count). The third kappa shape index (κ3) is 2.18. The Bertz CT molecular complexity index is 404. The van der Waals surface area contributed by atoms with E-state index < -0.39 is 0 Å². The average molecular weight is 237 g/mol. The van der Waals surface area contributed by atoms with E-state index in [1.807, 2.05) is 13.8 Å². The smallest absolute Gasteiger partial charge is 0.127 e. The monoisotopic (exact) mass is 237 g/mol. The third-order valence-electron chi connectivity index (χ3n) is 2.81. The fraction of sp³-hybridized carbons (Fsp3) is 0.636. The molecule has 0 unspecified atom stereocenters. The van der Waals surface area contributed by atoms with Gasteiger partial charge in [0.15, 0.2) is 0 Å². The maximum atomic E-state index is 8.98. The lowest BCUT2D eigenvalue weighted by Gasteiger charge is -2.35. The van der Waals surface area contributed by atoms with Crippen molar-refractivity contribution in [2.45, 2.75) is 38.8 Å². The molecule has 1 saturated carbocycles. The summed E-state index contributed by atoms with van der Waals surface area (Å²) in [6.45, 7) is 4.66. The zero-order chi connectivity index (χ0) is 11.5. The van der Waals surface area contributed by atoms with Crippen molar-refractivity contribution in [3.63, 3.8) is 0 Å². The Kier molecular flexibility index (Phi) is 3.42. The van der Waals surface area contributed by atoms with E-state index >= 15 is 0 Å². The van der Waals surface area contributed by atoms with E-state index in [0.717, 1.165) is 30.1 Å². The molecule has 0 amide bonds. The highest BCUT2D eigenvalue weighted by Gasteiger charge is 2.30. The van der Waals surface area contributed by atoms with Gasteiger partial charge in [-0.1, -0.05) is 0 Å². The Hall–Kier alpha value is -1.12. The molecule has 0 aromatic carbocycles. The first-order chi connectivity index (χ1) is 7.74. The Morgan fingerprint density at radius 1 is 1.62 bits per heavy atom. The maximum Gasteiger partial charge on any atom is 0.127 e. The summed E-state index contributed by atoms with van der Waals surface area (Å²) in [4.78, 5) is 0. The molecule has 1 fully saturated rings. The van der Waals surface area contributed by atoms with Crippen LogP contribution in [-0.2, 0) is 4.74 Å². The molecular formula is C11H15N3OS. The number of hydrogen-bond acceptors (Lipinski definition) is 5. The molecule has 0 aliphatic heterocycles. The molecule has 1 N–H and O–H groups in total. The van der Waals surface area contributed by atoms with Crippen molar-refractivity contribution in [2.24, 2.45) is 0 Å². The Labute approximate surface area is 99.4 Å². The number of aryl methyl sites for hydroxylation is 1. The second-order valence-corrected chi connectivity index (χ2v) is 4.75. The number of nitriles is 1. The number of anilines is 1. The van der Waals surface area contributed by atoms with Gasteiger partial charge in [0.2, 0.25) is 0 Å². The lowest BCUT2D eigenvalue weighted by Crippen LogP contribution is -2.40. The van der Waals surface area contributed by atoms with Crippen molar-refractivity contribution < 1.29 is 4.74 Å². The van der Waals surface area contributed by atoms with Crippen LogP contribution >= 0.6 is 11.5 Å². The van der Waals surface area contributed by atoms with Gasteiger partial charge in [0.05, 0.1) is 11.8 Å². The fourth-order valence-electron chi connectivity index (χ4n) is 1.84. The average Bonchev–Trinajstić information content (AvgIpc) is 2.56. The van der Waals surface area contributed by atoms with Crippen molar-refractivity contribution >= 4 is 16.5 Å². The number of hydrogen-bond donors (Lipinski definition) is 1. The van der Waals surface area contributed by atoms with Crippen LogP contribution in [0.5, 0.6) is 0 Å². The van der Waals surface area contributed by atoms with Crippen LogP contribution in [0.4, 0.5) is 5.00 Å². The van der Waals surface area contributed by atoms with Crippen LogP contribution in [-0.4, -0.2) is 23.1 Å². The fourth-order valence-corrected chi connectivity index (χ4v) is 2.66. The van der Waals surface area contributed by atoms with Crippen molar-refractivity contribution in [2.75, 3.05) is 11.9 Å². The van der Waals surface area contributed by atoms with E-state index in [0.29, 0.717) is 17.7 Å². The Balaban J connectivity index is 1.90. The van der Waals surface area contributed by atoms with Crippen LogP contribution in [0.15, 0.2) is 0 Å². The van der Waals surface area contributed by atoms with E-state index in [2.05, 4.69) is 15.8 Å². The van der Waals surface area contributed by atoms with Gasteiger partial charge < -0.3 is 10.1 Å². The topological polar surface area (TPSA) is 57.9 Å². The summed E-state index contributed by atoms with van der Waals surface area (Å²) in [7, 11) is 0. The second kappa shape index (κ2) is 4.81. The predicted octanol–water partition coefficient (Wildman–Crippen LogP) is 2.30. The highest BCUT2D eigenvalue weighted by atomic mass is 32.1. The van der Waals surface area contributed by atoms with Gasteiger partial charge in [-0.15, -0.1) is 0 Å². The highest BCUT2D eigenvalue weighted by Crippen LogP contribution is 2.31. The minimum Gasteiger partial charge on any atom is -0.378 e. The van der Waals surface area contributed by atoms with Gasteiger partial charge >= 0.3 is 0 Å². The third-order valence-corrected chi connectivity index (χ3v) is 3.68. The van der Waals surface area contributed by atoms with E-state index in [-0.39, 0.29) is 0 Å². The molecule has 1 aromatic rings. The first-order valence-corrected chi connectivity index (χ1v) is 6.26. The van der Waals surface area contributed by atoms with Crippen molar-refractivity contribution in [3.8, 4) is 6.07 Å². The predicted molar refractivity (Wildman–Crippen MR) is 63.6 cm³/mol. The minimum atomic E-state index is 0.391. The lowest BCUT2D eigenvalue weighted by molar-refractivity contribution is 0.00305. The van der Waals surface area contributed by atoms with Gasteiger partial charge in [0, 0.05) is 12.6 Å². The van der Waals surface area contributed by atoms with Gasteiger partial charge in [-0.3, -0.25) is 0 Å². The molecule has 1 heterocycles. The SMILES string of the molecule is CCOC1CC(Nc2snc(C)c2C#N)C1. The molecule has 0 bridgehead atoms. The summed E-state index contributed by atoms with van der Waals surface area (Å²) in [5.41, 5.74) is 1.50. The number of nitrogens with one attached hydrogen (secondary N) is 1. The van der Waals surface area contributed by atoms with Crippen molar-refractivity contribution in [3.05, 3.63) is 11.3 Å². The standard InChI is InChI=1S/C11H15N3OS/c1-3-15-9-4-8(5-9)13-11-10(6-12)7(2)14-16-11/h8-9,13H,3-5H2,1-2H3. The van der Waals surface area contributed by atoms with Crippen LogP contribution in [0, 0.1) is 18.3 Å². The quantitative estimate of drug-likeness (QED) is 0.873. The number of ether oxygens (including phenoxy) is 1. The van der Waals surface area contributed by atoms with Gasteiger partial charge in [-0.05, 0) is 38.2 Å². The zero-order valence-electron chi connectivity index (χ0n) is 9.49.